The molecular formula is C10H15N3O3. The molecule has 0 aliphatic carbocycles. The Morgan fingerprint density at radius 2 is 1.94 bits per heavy atom. The fraction of sp³-hybridized carbons (Fsp3) is 0.400. The Labute approximate surface area is 93.3 Å². The molecule has 0 unspecified atom stereocenters. The first-order chi connectivity index (χ1) is 7.69. The van der Waals surface area contributed by atoms with E-state index in [9.17, 15) is 4.79 Å². The highest BCUT2D eigenvalue weighted by molar-refractivity contribution is 5.94. The van der Waals surface area contributed by atoms with Crippen molar-refractivity contribution in [3.63, 3.8) is 0 Å². The van der Waals surface area contributed by atoms with E-state index in [-0.39, 0.29) is 32.2 Å². The van der Waals surface area contributed by atoms with Gasteiger partial charge in [0.05, 0.1) is 18.8 Å². The van der Waals surface area contributed by atoms with Crippen LogP contribution < -0.4 is 5.73 Å². The van der Waals surface area contributed by atoms with Crippen LogP contribution >= 0.6 is 0 Å². The van der Waals surface area contributed by atoms with Crippen LogP contribution in [0.1, 0.15) is 10.4 Å². The number of nitrogens with two attached hydrogens (primary N) is 1. The van der Waals surface area contributed by atoms with Crippen LogP contribution in [0.5, 0.6) is 0 Å². The molecule has 0 aliphatic heterocycles. The number of amides is 1. The van der Waals surface area contributed by atoms with Crippen LogP contribution in [-0.4, -0.2) is 52.3 Å². The van der Waals surface area contributed by atoms with E-state index in [1.165, 1.54) is 17.2 Å². The minimum Gasteiger partial charge on any atom is -0.395 e. The second-order valence-corrected chi connectivity index (χ2v) is 3.21. The molecule has 1 aromatic rings. The maximum atomic E-state index is 11.9. The second kappa shape index (κ2) is 6.04. The number of pyridine rings is 1. The summed E-state index contributed by atoms with van der Waals surface area (Å²) in [5.74, 6) is 0.0583. The van der Waals surface area contributed by atoms with Crippen molar-refractivity contribution in [2.45, 2.75) is 0 Å². The lowest BCUT2D eigenvalue weighted by atomic mass is 10.2. The molecule has 0 aliphatic rings. The summed E-state index contributed by atoms with van der Waals surface area (Å²) in [6.07, 6.45) is 1.37. The standard InChI is InChI=1S/C10H15N3O3/c11-9-2-1-8(7-12-9)10(16)13(3-5-14)4-6-15/h1-2,7,14-15H,3-6H2,(H2,11,12). The normalized spacial score (nSPS) is 10.1. The van der Waals surface area contributed by atoms with E-state index in [0.717, 1.165) is 0 Å². The zero-order chi connectivity index (χ0) is 12.0. The number of aliphatic hydroxyl groups is 2. The lowest BCUT2D eigenvalue weighted by Crippen LogP contribution is -2.35. The van der Waals surface area contributed by atoms with Crippen LogP contribution in [0, 0.1) is 0 Å². The molecular weight excluding hydrogens is 210 g/mol. The van der Waals surface area contributed by atoms with Crippen LogP contribution in [-0.2, 0) is 0 Å². The molecule has 0 fully saturated rings. The van der Waals surface area contributed by atoms with Crippen molar-refractivity contribution in [3.8, 4) is 0 Å². The van der Waals surface area contributed by atoms with Crippen molar-refractivity contribution < 1.29 is 15.0 Å². The SMILES string of the molecule is Nc1ccc(C(=O)N(CCO)CCO)cn1. The number of nitrogens with zero attached hydrogens (tertiary/aromatic N) is 2. The fourth-order valence-corrected chi connectivity index (χ4v) is 1.27. The minimum atomic E-state index is -0.282. The lowest BCUT2D eigenvalue weighted by molar-refractivity contribution is 0.0684. The zero-order valence-corrected chi connectivity index (χ0v) is 8.83. The zero-order valence-electron chi connectivity index (χ0n) is 8.83. The highest BCUT2D eigenvalue weighted by Crippen LogP contribution is 2.05. The molecule has 0 spiro atoms. The third kappa shape index (κ3) is 3.18. The Bertz CT molecular complexity index is 334. The van der Waals surface area contributed by atoms with E-state index in [1.807, 2.05) is 0 Å². The quantitative estimate of drug-likeness (QED) is 0.602. The molecule has 0 radical (unpaired) electrons. The van der Waals surface area contributed by atoms with E-state index in [4.69, 9.17) is 15.9 Å². The summed E-state index contributed by atoms with van der Waals surface area (Å²) in [5, 5.41) is 17.6. The lowest BCUT2D eigenvalue weighted by Gasteiger charge is -2.20. The van der Waals surface area contributed by atoms with E-state index < -0.39 is 0 Å². The summed E-state index contributed by atoms with van der Waals surface area (Å²) >= 11 is 0. The summed E-state index contributed by atoms with van der Waals surface area (Å²) in [6, 6.07) is 3.09. The van der Waals surface area contributed by atoms with Crippen LogP contribution in [0.2, 0.25) is 0 Å². The van der Waals surface area contributed by atoms with E-state index in [1.54, 1.807) is 6.07 Å². The van der Waals surface area contributed by atoms with E-state index >= 15 is 0 Å². The first-order valence-corrected chi connectivity index (χ1v) is 4.91. The molecule has 6 heteroatoms. The molecule has 1 aromatic heterocycles. The van der Waals surface area contributed by atoms with Crippen molar-refractivity contribution in [3.05, 3.63) is 23.9 Å². The van der Waals surface area contributed by atoms with Gasteiger partial charge in [0, 0.05) is 19.3 Å². The predicted molar refractivity (Wildman–Crippen MR) is 58.7 cm³/mol. The van der Waals surface area contributed by atoms with E-state index in [0.29, 0.717) is 11.4 Å². The number of anilines is 1. The van der Waals surface area contributed by atoms with Gasteiger partial charge in [-0.05, 0) is 12.1 Å². The van der Waals surface area contributed by atoms with Gasteiger partial charge in [0.15, 0.2) is 0 Å². The molecule has 0 atom stereocenters. The average Bonchev–Trinajstić information content (AvgIpc) is 2.29. The minimum absolute atomic E-state index is 0.145. The number of hydrogen-bond donors (Lipinski definition) is 3. The second-order valence-electron chi connectivity index (χ2n) is 3.21. The molecule has 16 heavy (non-hydrogen) atoms. The third-order valence-corrected chi connectivity index (χ3v) is 2.06. The van der Waals surface area contributed by atoms with Gasteiger partial charge < -0.3 is 20.8 Å². The molecule has 1 rings (SSSR count). The van der Waals surface area contributed by atoms with Gasteiger partial charge in [-0.1, -0.05) is 0 Å². The van der Waals surface area contributed by atoms with Gasteiger partial charge in [0.25, 0.3) is 5.91 Å². The summed E-state index contributed by atoms with van der Waals surface area (Å²) in [5.41, 5.74) is 5.79. The Morgan fingerprint density at radius 3 is 2.38 bits per heavy atom. The molecule has 1 amide bonds. The largest absolute Gasteiger partial charge is 0.395 e. The summed E-state index contributed by atoms with van der Waals surface area (Å²) in [6.45, 7) is 0.0792. The van der Waals surface area contributed by atoms with Gasteiger partial charge in [-0.15, -0.1) is 0 Å². The molecule has 88 valence electrons. The Hall–Kier alpha value is -1.66. The summed E-state index contributed by atoms with van der Waals surface area (Å²) < 4.78 is 0. The highest BCUT2D eigenvalue weighted by atomic mass is 16.3. The molecule has 0 bridgehead atoms. The number of nitrogen functional groups attached to an aromatic ring is 1. The number of hydrogen-bond acceptors (Lipinski definition) is 5. The van der Waals surface area contributed by atoms with Crippen molar-refractivity contribution in [1.29, 1.82) is 0 Å². The molecule has 0 aromatic carbocycles. The number of aromatic nitrogens is 1. The van der Waals surface area contributed by atoms with Crippen molar-refractivity contribution >= 4 is 11.7 Å². The van der Waals surface area contributed by atoms with Crippen LogP contribution in [0.3, 0.4) is 0 Å². The molecule has 6 nitrogen and oxygen atoms in total. The van der Waals surface area contributed by atoms with Gasteiger partial charge in [-0.3, -0.25) is 4.79 Å². The topological polar surface area (TPSA) is 99.7 Å². The van der Waals surface area contributed by atoms with Crippen LogP contribution in [0.15, 0.2) is 18.3 Å². The Balaban J connectivity index is 2.77. The smallest absolute Gasteiger partial charge is 0.255 e. The Morgan fingerprint density at radius 1 is 1.31 bits per heavy atom. The van der Waals surface area contributed by atoms with Crippen molar-refractivity contribution in [2.75, 3.05) is 32.0 Å². The molecule has 4 N–H and O–H groups in total. The number of carbonyl (C=O) groups excluding carboxylic acids is 1. The van der Waals surface area contributed by atoms with Gasteiger partial charge in [0.2, 0.25) is 0 Å². The maximum Gasteiger partial charge on any atom is 0.255 e. The molecule has 0 saturated heterocycles. The van der Waals surface area contributed by atoms with Gasteiger partial charge in [-0.25, -0.2) is 4.98 Å². The van der Waals surface area contributed by atoms with Gasteiger partial charge in [-0.2, -0.15) is 0 Å². The van der Waals surface area contributed by atoms with Crippen molar-refractivity contribution in [2.24, 2.45) is 0 Å². The van der Waals surface area contributed by atoms with Crippen LogP contribution in [0.25, 0.3) is 0 Å². The maximum absolute atomic E-state index is 11.9. The number of rotatable bonds is 5. The van der Waals surface area contributed by atoms with E-state index in [2.05, 4.69) is 4.98 Å². The van der Waals surface area contributed by atoms with Gasteiger partial charge in [0.1, 0.15) is 5.82 Å². The average molecular weight is 225 g/mol. The summed E-state index contributed by atoms with van der Waals surface area (Å²) in [4.78, 5) is 17.0. The number of carbonyl (C=O) groups is 1. The first-order valence-electron chi connectivity index (χ1n) is 4.91. The summed E-state index contributed by atoms with van der Waals surface area (Å²) in [7, 11) is 0. The van der Waals surface area contributed by atoms with Crippen LogP contribution in [0.4, 0.5) is 5.82 Å². The molecule has 0 saturated carbocycles. The third-order valence-electron chi connectivity index (χ3n) is 2.06. The first kappa shape index (κ1) is 12.4. The predicted octanol–water partition coefficient (Wildman–Crippen LogP) is -0.909. The monoisotopic (exact) mass is 225 g/mol. The van der Waals surface area contributed by atoms with Gasteiger partial charge >= 0.3 is 0 Å². The fourth-order valence-electron chi connectivity index (χ4n) is 1.27. The molecule has 1 heterocycles. The highest BCUT2D eigenvalue weighted by Gasteiger charge is 2.14. The van der Waals surface area contributed by atoms with Crippen molar-refractivity contribution in [1.82, 2.24) is 9.88 Å². The number of aliphatic hydroxyl groups excluding tert-OH is 2. The Kier molecular flexibility index (Phi) is 4.68.